The topological polar surface area (TPSA) is 113 Å². The minimum Gasteiger partial charge on any atom is -0.506 e. The summed E-state index contributed by atoms with van der Waals surface area (Å²) < 4.78 is 31.8. The summed E-state index contributed by atoms with van der Waals surface area (Å²) in [7, 11) is -3.99. The van der Waals surface area contributed by atoms with Crippen molar-refractivity contribution in [2.24, 2.45) is 0 Å². The smallest absolute Gasteiger partial charge is 0.326 e. The highest BCUT2D eigenvalue weighted by Gasteiger charge is 2.35. The second kappa shape index (κ2) is 8.05. The first-order valence-corrected chi connectivity index (χ1v) is 10.5. The van der Waals surface area contributed by atoms with Crippen LogP contribution in [0.2, 0.25) is 0 Å². The van der Waals surface area contributed by atoms with Crippen LogP contribution in [0.4, 0.5) is 5.69 Å². The van der Waals surface area contributed by atoms with E-state index >= 15 is 0 Å². The molecule has 9 heteroatoms. The fourth-order valence-corrected chi connectivity index (χ4v) is 4.33. The van der Waals surface area contributed by atoms with Gasteiger partial charge in [-0.05, 0) is 54.7 Å². The van der Waals surface area contributed by atoms with Gasteiger partial charge in [0.1, 0.15) is 12.3 Å². The first-order valence-electron chi connectivity index (χ1n) is 9.05. The number of nitrogens with one attached hydrogen (secondary N) is 1. The fraction of sp³-hybridized carbons (Fsp3) is 0.368. The summed E-state index contributed by atoms with van der Waals surface area (Å²) in [5.41, 5.74) is 1.09. The number of rotatable bonds is 7. The van der Waals surface area contributed by atoms with Crippen molar-refractivity contribution >= 4 is 38.5 Å². The van der Waals surface area contributed by atoms with E-state index in [1.165, 1.54) is 6.07 Å². The molecule has 150 valence electrons. The number of aromatic hydroxyl groups is 1. The summed E-state index contributed by atoms with van der Waals surface area (Å²) in [6, 6.07) is 8.74. The van der Waals surface area contributed by atoms with Crippen LogP contribution in [0.1, 0.15) is 31.7 Å². The Morgan fingerprint density at radius 1 is 1.21 bits per heavy atom. The van der Waals surface area contributed by atoms with E-state index in [0.29, 0.717) is 13.0 Å². The minimum atomic E-state index is -3.99. The number of ether oxygens (including phenoxy) is 1. The van der Waals surface area contributed by atoms with E-state index in [2.05, 4.69) is 0 Å². The van der Waals surface area contributed by atoms with E-state index in [9.17, 15) is 23.1 Å². The largest absolute Gasteiger partial charge is 0.506 e. The normalized spacial score (nSPS) is 15.6. The van der Waals surface area contributed by atoms with Gasteiger partial charge in [0, 0.05) is 6.42 Å². The number of aryl methyl sites for hydroxylation is 1. The van der Waals surface area contributed by atoms with Crippen LogP contribution in [0.3, 0.4) is 0 Å². The van der Waals surface area contributed by atoms with Gasteiger partial charge in [-0.3, -0.25) is 9.59 Å². The van der Waals surface area contributed by atoms with Gasteiger partial charge in [-0.2, -0.15) is 8.42 Å². The van der Waals surface area contributed by atoms with Crippen LogP contribution in [0.25, 0.3) is 10.8 Å². The Balaban J connectivity index is 1.77. The zero-order valence-electron chi connectivity index (χ0n) is 15.5. The predicted octanol–water partition coefficient (Wildman–Crippen LogP) is 2.00. The molecule has 2 aromatic rings. The Morgan fingerprint density at radius 3 is 2.68 bits per heavy atom. The number of carbonyl (C=O) groups excluding carboxylic acids is 2. The van der Waals surface area contributed by atoms with Crippen molar-refractivity contribution in [3.63, 3.8) is 0 Å². The van der Waals surface area contributed by atoms with Crippen molar-refractivity contribution in [3.05, 3.63) is 35.9 Å². The molecule has 8 nitrogen and oxygen atoms in total. The first-order chi connectivity index (χ1) is 13.3. The lowest BCUT2D eigenvalue weighted by molar-refractivity contribution is -0.143. The van der Waals surface area contributed by atoms with E-state index < -0.39 is 16.1 Å². The molecule has 0 atom stereocenters. The van der Waals surface area contributed by atoms with Crippen LogP contribution >= 0.6 is 0 Å². The summed E-state index contributed by atoms with van der Waals surface area (Å²) in [6.07, 6.45) is 2.67. The molecular weight excluding hydrogens is 384 g/mol. The highest BCUT2D eigenvalue weighted by Crippen LogP contribution is 2.35. The average molecular weight is 406 g/mol. The van der Waals surface area contributed by atoms with Gasteiger partial charge >= 0.3 is 16.2 Å². The number of fused-ring (bicyclic) bond motifs is 1. The number of nitrogens with zero attached hydrogens (tertiary/aromatic N) is 1. The molecule has 0 spiro atoms. The van der Waals surface area contributed by atoms with Gasteiger partial charge in [-0.1, -0.05) is 18.2 Å². The van der Waals surface area contributed by atoms with Crippen molar-refractivity contribution in [1.82, 2.24) is 4.72 Å². The Hall–Kier alpha value is -2.81. The molecule has 0 radical (unpaired) electrons. The number of unbranched alkanes of at least 4 members (excludes halogenated alkanes) is 1. The number of phenols is 1. The number of phenolic OH excluding ortho intramolecular Hbond substituents is 1. The van der Waals surface area contributed by atoms with Crippen molar-refractivity contribution in [1.29, 1.82) is 0 Å². The molecule has 28 heavy (non-hydrogen) atoms. The fourth-order valence-electron chi connectivity index (χ4n) is 3.17. The lowest BCUT2D eigenvalue weighted by Gasteiger charge is -2.17. The molecule has 3 rings (SSSR count). The summed E-state index contributed by atoms with van der Waals surface area (Å²) in [4.78, 5) is 22.8. The monoisotopic (exact) mass is 406 g/mol. The SMILES string of the molecule is CCOC(=O)CCCCc1ccc2cc(O)c(N3CC(=O)NS3(=O)=O)cc2c1. The molecular formula is C19H22N2O6S. The van der Waals surface area contributed by atoms with Gasteiger partial charge in [-0.25, -0.2) is 9.03 Å². The summed E-state index contributed by atoms with van der Waals surface area (Å²) >= 11 is 0. The van der Waals surface area contributed by atoms with E-state index in [0.717, 1.165) is 39.9 Å². The van der Waals surface area contributed by atoms with Gasteiger partial charge < -0.3 is 9.84 Å². The van der Waals surface area contributed by atoms with Crippen molar-refractivity contribution in [3.8, 4) is 5.75 Å². The van der Waals surface area contributed by atoms with Crippen LogP contribution in [0.15, 0.2) is 30.3 Å². The van der Waals surface area contributed by atoms with Gasteiger partial charge in [0.25, 0.3) is 5.91 Å². The van der Waals surface area contributed by atoms with Gasteiger partial charge in [0.05, 0.1) is 12.3 Å². The average Bonchev–Trinajstić information content (AvgIpc) is 2.90. The summed E-state index contributed by atoms with van der Waals surface area (Å²) in [6.45, 7) is 1.79. The number of amides is 1. The molecule has 0 bridgehead atoms. The number of esters is 1. The molecule has 1 amide bonds. The second-order valence-electron chi connectivity index (χ2n) is 6.57. The molecule has 0 unspecified atom stereocenters. The molecule has 0 saturated carbocycles. The lowest BCUT2D eigenvalue weighted by atomic mass is 10.0. The maximum absolute atomic E-state index is 12.0. The van der Waals surface area contributed by atoms with Gasteiger partial charge in [0.15, 0.2) is 0 Å². The van der Waals surface area contributed by atoms with Gasteiger partial charge in [0.2, 0.25) is 0 Å². The maximum Gasteiger partial charge on any atom is 0.326 e. The highest BCUT2D eigenvalue weighted by atomic mass is 32.2. The zero-order valence-corrected chi connectivity index (χ0v) is 16.3. The van der Waals surface area contributed by atoms with Crippen molar-refractivity contribution in [2.75, 3.05) is 17.5 Å². The minimum absolute atomic E-state index is 0.0605. The second-order valence-corrected chi connectivity index (χ2v) is 8.17. The van der Waals surface area contributed by atoms with E-state index in [-0.39, 0.29) is 24.0 Å². The van der Waals surface area contributed by atoms with E-state index in [4.69, 9.17) is 4.74 Å². The van der Waals surface area contributed by atoms with E-state index in [1.807, 2.05) is 22.9 Å². The van der Waals surface area contributed by atoms with Crippen LogP contribution in [-0.2, 0) is 31.0 Å². The number of carbonyl (C=O) groups is 2. The molecule has 2 aromatic carbocycles. The Labute approximate surface area is 163 Å². The quantitative estimate of drug-likeness (QED) is 0.537. The maximum atomic E-state index is 12.0. The lowest BCUT2D eigenvalue weighted by Crippen LogP contribution is -2.29. The molecule has 1 saturated heterocycles. The molecule has 0 aromatic heterocycles. The Kier molecular flexibility index (Phi) is 5.73. The highest BCUT2D eigenvalue weighted by molar-refractivity contribution is 7.92. The first kappa shape index (κ1) is 19.9. The Morgan fingerprint density at radius 2 is 2.00 bits per heavy atom. The number of hydrogen-bond donors (Lipinski definition) is 2. The van der Waals surface area contributed by atoms with Crippen LogP contribution < -0.4 is 9.03 Å². The molecule has 1 aliphatic rings. The summed E-state index contributed by atoms with van der Waals surface area (Å²) in [5, 5.41) is 11.7. The molecule has 2 N–H and O–H groups in total. The van der Waals surface area contributed by atoms with Crippen LogP contribution in [0.5, 0.6) is 5.75 Å². The molecule has 1 heterocycles. The number of anilines is 1. The summed E-state index contributed by atoms with van der Waals surface area (Å²) in [5.74, 6) is -1.05. The molecule has 0 aliphatic carbocycles. The molecule has 1 aliphatic heterocycles. The number of hydrogen-bond acceptors (Lipinski definition) is 6. The predicted molar refractivity (Wildman–Crippen MR) is 104 cm³/mol. The standard InChI is InChI=1S/C19H22N2O6S/c1-2-27-19(24)6-4-3-5-13-7-8-14-11-17(22)16(10-15(14)9-13)21-12-18(23)20-28(21,25)26/h7-11,22H,2-6,12H2,1H3,(H,20,23). The van der Waals surface area contributed by atoms with Crippen molar-refractivity contribution < 1.29 is 27.9 Å². The third-order valence-electron chi connectivity index (χ3n) is 4.49. The Bertz CT molecular complexity index is 1020. The molecule has 1 fully saturated rings. The van der Waals surface area contributed by atoms with Crippen LogP contribution in [0, 0.1) is 0 Å². The van der Waals surface area contributed by atoms with Crippen LogP contribution in [-0.4, -0.2) is 38.6 Å². The third kappa shape index (κ3) is 4.36. The third-order valence-corrected chi connectivity index (χ3v) is 5.88. The zero-order chi connectivity index (χ0) is 20.3. The number of benzene rings is 2. The van der Waals surface area contributed by atoms with Gasteiger partial charge in [-0.15, -0.1) is 0 Å². The van der Waals surface area contributed by atoms with E-state index in [1.54, 1.807) is 13.0 Å². The van der Waals surface area contributed by atoms with Crippen molar-refractivity contribution in [2.45, 2.75) is 32.6 Å².